The quantitative estimate of drug-likeness (QED) is 0.0722. The van der Waals surface area contributed by atoms with Gasteiger partial charge in [0.1, 0.15) is 18.4 Å². The summed E-state index contributed by atoms with van der Waals surface area (Å²) in [4.78, 5) is 69.6. The van der Waals surface area contributed by atoms with Gasteiger partial charge >= 0.3 is 18.2 Å². The highest BCUT2D eigenvalue weighted by molar-refractivity contribution is 6.29. The first-order valence-electron chi connectivity index (χ1n) is 28.3. The Morgan fingerprint density at radius 3 is 1.52 bits per heavy atom. The zero-order valence-corrected chi connectivity index (χ0v) is 49.0. The van der Waals surface area contributed by atoms with Gasteiger partial charge in [0.25, 0.3) is 11.8 Å². The van der Waals surface area contributed by atoms with Crippen molar-refractivity contribution in [3.8, 4) is 40.0 Å². The predicted octanol–water partition coefficient (Wildman–Crippen LogP) is 3.85. The largest absolute Gasteiger partial charge is 0.494 e. The minimum absolute atomic E-state index is 0. The van der Waals surface area contributed by atoms with Crippen LogP contribution in [0.5, 0.6) is 17.2 Å². The summed E-state index contributed by atoms with van der Waals surface area (Å²) < 4.78 is 77.5. The van der Waals surface area contributed by atoms with Crippen LogP contribution in [0.4, 0.5) is 43.0 Å². The number of anilines is 5. The molecule has 0 spiro atoms. The van der Waals surface area contributed by atoms with E-state index >= 15 is 0 Å². The van der Waals surface area contributed by atoms with Crippen LogP contribution in [-0.2, 0) is 28.3 Å². The first-order chi connectivity index (χ1) is 43.2. The summed E-state index contributed by atoms with van der Waals surface area (Å²) in [6.45, 7) is -1.22. The molecule has 0 atom stereocenters. The lowest BCUT2D eigenvalue weighted by molar-refractivity contribution is -0.00567. The molecule has 0 unspecified atom stereocenters. The van der Waals surface area contributed by atoms with Crippen LogP contribution in [0.15, 0.2) is 91.5 Å². The molecule has 3 aromatic carbocycles. The average Bonchev–Trinajstić information content (AvgIpc) is 1.18. The molecule has 0 saturated carbocycles. The number of aromatic nitrogens is 10. The third-order valence-corrected chi connectivity index (χ3v) is 12.3. The maximum atomic E-state index is 12.7. The molecule has 33 heteroatoms. The van der Waals surface area contributed by atoms with Crippen LogP contribution >= 0.6 is 24.0 Å². The third-order valence-electron chi connectivity index (χ3n) is 12.1. The van der Waals surface area contributed by atoms with Crippen molar-refractivity contribution in [3.05, 3.63) is 108 Å². The number of benzene rings is 3. The van der Waals surface area contributed by atoms with E-state index in [-0.39, 0.29) is 64.4 Å². The number of primary amides is 2. The summed E-state index contributed by atoms with van der Waals surface area (Å²) in [5.74, 6) is 0.221. The van der Waals surface area contributed by atoms with Crippen molar-refractivity contribution in [3.63, 3.8) is 0 Å². The molecule has 3 fully saturated rings. The Morgan fingerprint density at radius 2 is 1.12 bits per heavy atom. The lowest BCUT2D eigenvalue weighted by Crippen LogP contribution is -2.56. The molecule has 10 rings (SSSR count). The van der Waals surface area contributed by atoms with Crippen LogP contribution in [0.1, 0.15) is 29.2 Å². The van der Waals surface area contributed by atoms with E-state index in [2.05, 4.69) is 66.6 Å². The molecule has 460 valence electrons. The standard InChI is InChI=1S/C21H25N9O4.C16H16ClN7O2.C7H7NO2.C5H10N2O2.C4H9NO.ClH/c1-22-20(31)17-15(8-16(26-27-17)25-21(32)30-9-12(10-30)33-3)24-14-7-5-6-13(18(14)34-4)19-23-11-29(2)28-19;1-18-16(25)13-11(7-12(17)21-22-13)20-10-6-4-5-9(14(10)26-3)15-19-8-24(2)23-15;8-7(9)10-6-4-2-1-3-5-6;1-9-4-2-7(3-4)5(6)8;1-6-4-2-5-3-4;/h5-8,11-12H,9-10H2,1-4H3,(H,22,31)(H2,24,25,26,32);4-8H,1-3H3,(H,18,25)(H,20,21);1-5H,(H2,8,9);4H,2-3H2,1H3,(H2,6,8);4-5H,2-3H2,1H3;1H/i2*1D3;;;;. The Labute approximate surface area is 514 Å². The molecule has 7 amide bonds. The van der Waals surface area contributed by atoms with E-state index in [0.717, 1.165) is 13.1 Å². The third kappa shape index (κ3) is 18.7. The number of halogens is 2. The smallest absolute Gasteiger partial charge is 0.409 e. The SMILES string of the molecule is COC1CN(C(N)=O)C1.COC1CNC1.Cl.NC(=O)Oc1ccccc1.[2H]C([2H])([2H])NC(=O)c1nnc(Cl)cc1Nc1cccc(-c2ncn(C)n2)c1OC.[2H]C([2H])([2H])NC(=O)c1nnc(NC(=O)N2CC(OC)C2)cc1Nc1cccc(-c2ncn(C)n2)c1OC. The zero-order valence-electron chi connectivity index (χ0n) is 53.4. The average molecular weight is 1240 g/mol. The van der Waals surface area contributed by atoms with Gasteiger partial charge in [-0.1, -0.05) is 41.9 Å². The Kier molecular flexibility index (Phi) is 22.4. The van der Waals surface area contributed by atoms with E-state index < -0.39 is 37.9 Å². The summed E-state index contributed by atoms with van der Waals surface area (Å²) in [5.41, 5.74) is 11.4. The summed E-state index contributed by atoms with van der Waals surface area (Å²) >= 11 is 5.91. The molecule has 7 heterocycles. The van der Waals surface area contributed by atoms with Gasteiger partial charge in [-0.15, -0.1) is 32.8 Å². The fraction of sp³-hybridized carbons (Fsp3) is 0.340. The number of urea groups is 2. The van der Waals surface area contributed by atoms with E-state index in [9.17, 15) is 24.0 Å². The molecule has 7 aromatic rings. The molecule has 31 nitrogen and oxygen atoms in total. The van der Waals surface area contributed by atoms with Crippen molar-refractivity contribution in [1.82, 2.24) is 75.7 Å². The molecule has 3 saturated heterocycles. The molecule has 0 radical (unpaired) electrons. The van der Waals surface area contributed by atoms with Gasteiger partial charge in [-0.3, -0.25) is 24.3 Å². The number of nitrogens with two attached hydrogens (primary N) is 2. The van der Waals surface area contributed by atoms with Gasteiger partial charge in [0, 0.05) is 82.8 Å². The van der Waals surface area contributed by atoms with Crippen LogP contribution in [0.25, 0.3) is 22.8 Å². The molecule has 0 aliphatic carbocycles. The minimum atomic E-state index is -2.75. The number of nitrogens with one attached hydrogen (secondary N) is 6. The summed E-state index contributed by atoms with van der Waals surface area (Å²) in [5, 5.41) is 39.2. The zero-order chi connectivity index (χ0) is 66.6. The van der Waals surface area contributed by atoms with Gasteiger partial charge in [-0.05, 0) is 36.4 Å². The van der Waals surface area contributed by atoms with E-state index in [1.807, 2.05) is 16.7 Å². The van der Waals surface area contributed by atoms with Crippen molar-refractivity contribution in [2.45, 2.75) is 18.3 Å². The second-order valence-electron chi connectivity index (χ2n) is 17.9. The Balaban J connectivity index is 0.000000243. The number of aryl methyl sites for hydroxylation is 2. The number of rotatable bonds is 15. The van der Waals surface area contributed by atoms with Crippen molar-refractivity contribution < 1.29 is 60.6 Å². The highest BCUT2D eigenvalue weighted by Crippen LogP contribution is 2.38. The normalized spacial score (nSPS) is 14.4. The number of hydrogen-bond donors (Lipinski definition) is 8. The van der Waals surface area contributed by atoms with E-state index in [1.165, 1.54) is 36.2 Å². The molecule has 0 bridgehead atoms. The van der Waals surface area contributed by atoms with Crippen molar-refractivity contribution in [2.24, 2.45) is 25.6 Å². The number of hydrogen-bond acceptors (Lipinski definition) is 22. The van der Waals surface area contributed by atoms with Gasteiger partial charge in [0.2, 0.25) is 0 Å². The van der Waals surface area contributed by atoms with Crippen molar-refractivity contribution >= 4 is 82.5 Å². The summed E-state index contributed by atoms with van der Waals surface area (Å²) in [7, 11) is 11.4. The van der Waals surface area contributed by atoms with E-state index in [4.69, 9.17) is 55.0 Å². The summed E-state index contributed by atoms with van der Waals surface area (Å²) in [6.07, 6.45) is 2.99. The van der Waals surface area contributed by atoms with Crippen LogP contribution in [0.2, 0.25) is 5.15 Å². The Hall–Kier alpha value is -9.53. The fourth-order valence-electron chi connectivity index (χ4n) is 7.49. The number of carbonyl (C=O) groups is 5. The molecular weight excluding hydrogens is 1160 g/mol. The molecule has 4 aromatic heterocycles. The van der Waals surface area contributed by atoms with Gasteiger partial charge in [0.15, 0.2) is 45.5 Å². The topological polar surface area (TPSA) is 384 Å². The first kappa shape index (κ1) is 58.3. The van der Waals surface area contributed by atoms with E-state index in [1.54, 1.807) is 118 Å². The number of carbonyl (C=O) groups excluding carboxylic acids is 5. The predicted molar refractivity (Wildman–Crippen MR) is 319 cm³/mol. The number of para-hydroxylation sites is 3. The summed E-state index contributed by atoms with van der Waals surface area (Å²) in [6, 6.07) is 21.0. The van der Waals surface area contributed by atoms with Crippen LogP contribution in [0.3, 0.4) is 0 Å². The number of amides is 7. The first-order valence-corrected chi connectivity index (χ1v) is 25.7. The van der Waals surface area contributed by atoms with Crippen molar-refractivity contribution in [2.75, 3.05) is 105 Å². The van der Waals surface area contributed by atoms with Gasteiger partial charge in [0.05, 0.1) is 92.6 Å². The maximum Gasteiger partial charge on any atom is 0.409 e. The lowest BCUT2D eigenvalue weighted by atomic mass is 10.1. The fourth-order valence-corrected chi connectivity index (χ4v) is 7.63. The number of ether oxygens (including phenoxy) is 6. The minimum Gasteiger partial charge on any atom is -0.494 e. The van der Waals surface area contributed by atoms with Crippen LogP contribution in [0, 0.1) is 0 Å². The second-order valence-corrected chi connectivity index (χ2v) is 18.3. The molecule has 86 heavy (non-hydrogen) atoms. The maximum absolute atomic E-state index is 12.7. The highest BCUT2D eigenvalue weighted by Gasteiger charge is 2.31. The molecule has 3 aliphatic rings. The molecule has 3 aliphatic heterocycles. The molecular formula is C53H68Cl2N20O11. The number of nitrogens with zero attached hydrogens (tertiary/aromatic N) is 12. The Bertz CT molecular complexity index is 3600. The van der Waals surface area contributed by atoms with Crippen LogP contribution < -0.4 is 57.6 Å². The highest BCUT2D eigenvalue weighted by atomic mass is 35.5. The van der Waals surface area contributed by atoms with E-state index in [0.29, 0.717) is 83.7 Å². The Morgan fingerprint density at radius 1 is 0.628 bits per heavy atom. The number of methoxy groups -OCH3 is 5. The molecule has 10 N–H and O–H groups in total. The lowest BCUT2D eigenvalue weighted by Gasteiger charge is -2.37. The van der Waals surface area contributed by atoms with Crippen LogP contribution in [-0.4, -0.2) is 197 Å². The number of likely N-dealkylation sites (tertiary alicyclic amines) is 2. The van der Waals surface area contributed by atoms with Crippen molar-refractivity contribution in [1.29, 1.82) is 0 Å². The second kappa shape index (κ2) is 33.1. The van der Waals surface area contributed by atoms with Gasteiger partial charge in [-0.25, -0.2) is 24.4 Å². The van der Waals surface area contributed by atoms with Gasteiger partial charge < -0.3 is 76.3 Å². The van der Waals surface area contributed by atoms with Gasteiger partial charge in [-0.2, -0.15) is 10.2 Å². The monoisotopic (exact) mass is 1240 g/mol.